The molecule has 0 radical (unpaired) electrons. The maximum atomic E-state index is 15.4. The number of hydrogen-bond donors (Lipinski definition) is 2. The number of hydrogen-bond acceptors (Lipinski definition) is 7. The van der Waals surface area contributed by atoms with Crippen molar-refractivity contribution in [1.82, 2.24) is 9.91 Å². The second-order valence-electron chi connectivity index (χ2n) is 13.2. The number of likely N-dealkylation sites (tertiary alicyclic amines) is 1. The molecule has 0 bridgehead atoms. The van der Waals surface area contributed by atoms with E-state index in [-0.39, 0.29) is 29.0 Å². The molecule has 0 unspecified atom stereocenters. The Kier molecular flexibility index (Phi) is 7.28. The number of phenols is 1. The SMILES string of the molecule is COc1ccc([C@@]23C(=O)N(Nc4ccc(Cl)cc4Cl)C(=O)[C@@H]2C[C@@H]2C(=CC[C@@H]4C(=O)N(C)C(=O)[C@@H]42)[C@@H]3c2ccc(O)c3ccccc23)cc1. The molecule has 2 aliphatic heterocycles. The number of phenolic OH excluding ortho intramolecular Hbond substituents is 1. The molecule has 4 aromatic carbocycles. The van der Waals surface area contributed by atoms with Crippen molar-refractivity contribution < 1.29 is 29.0 Å². The van der Waals surface area contributed by atoms with Crippen molar-refractivity contribution in [3.63, 3.8) is 0 Å². The molecule has 8 rings (SSSR count). The van der Waals surface area contributed by atoms with Crippen LogP contribution in [0.2, 0.25) is 10.0 Å². The molecule has 9 nitrogen and oxygen atoms in total. The highest BCUT2D eigenvalue weighted by atomic mass is 35.5. The van der Waals surface area contributed by atoms with Gasteiger partial charge in [-0.25, -0.2) is 0 Å². The number of fused-ring (bicyclic) bond motifs is 5. The van der Waals surface area contributed by atoms with Gasteiger partial charge >= 0.3 is 0 Å². The first-order valence-electron chi connectivity index (χ1n) is 16.0. The smallest absolute Gasteiger partial charge is 0.260 e. The zero-order chi connectivity index (χ0) is 34.4. The van der Waals surface area contributed by atoms with E-state index in [0.29, 0.717) is 39.2 Å². The number of amides is 4. The molecule has 2 heterocycles. The second-order valence-corrected chi connectivity index (χ2v) is 14.0. The van der Waals surface area contributed by atoms with E-state index in [1.54, 1.807) is 43.5 Å². The summed E-state index contributed by atoms with van der Waals surface area (Å²) < 4.78 is 5.47. The number of benzene rings is 4. The molecular formula is C38H31Cl2N3O6. The highest BCUT2D eigenvalue weighted by Gasteiger charge is 2.70. The number of rotatable bonds is 5. The molecule has 49 heavy (non-hydrogen) atoms. The third kappa shape index (κ3) is 4.38. The molecule has 3 fully saturated rings. The van der Waals surface area contributed by atoms with Crippen molar-refractivity contribution in [1.29, 1.82) is 0 Å². The van der Waals surface area contributed by atoms with E-state index in [1.165, 1.54) is 18.0 Å². The van der Waals surface area contributed by atoms with Crippen LogP contribution in [0, 0.1) is 23.7 Å². The van der Waals surface area contributed by atoms with Crippen LogP contribution in [0.25, 0.3) is 10.8 Å². The number of imide groups is 2. The van der Waals surface area contributed by atoms with Crippen LogP contribution in [0.3, 0.4) is 0 Å². The van der Waals surface area contributed by atoms with E-state index in [0.717, 1.165) is 16.1 Å². The van der Waals surface area contributed by atoms with E-state index in [4.69, 9.17) is 27.9 Å². The first-order chi connectivity index (χ1) is 23.6. The predicted molar refractivity (Wildman–Crippen MR) is 184 cm³/mol. The van der Waals surface area contributed by atoms with Gasteiger partial charge in [0.15, 0.2) is 0 Å². The summed E-state index contributed by atoms with van der Waals surface area (Å²) in [5.41, 5.74) is 3.97. The molecule has 1 saturated carbocycles. The lowest BCUT2D eigenvalue weighted by Crippen LogP contribution is -2.53. The van der Waals surface area contributed by atoms with Crippen LogP contribution >= 0.6 is 23.2 Å². The van der Waals surface area contributed by atoms with Gasteiger partial charge in [0, 0.05) is 23.4 Å². The first-order valence-corrected chi connectivity index (χ1v) is 16.8. The number of methoxy groups -OCH3 is 1. The van der Waals surface area contributed by atoms with Crippen LogP contribution in [-0.2, 0) is 24.6 Å². The maximum Gasteiger partial charge on any atom is 0.260 e. The van der Waals surface area contributed by atoms with Crippen LogP contribution in [0.15, 0.2) is 90.5 Å². The molecule has 4 aliphatic rings. The molecule has 11 heteroatoms. The summed E-state index contributed by atoms with van der Waals surface area (Å²) in [5, 5.41) is 13.9. The topological polar surface area (TPSA) is 116 Å². The van der Waals surface area contributed by atoms with E-state index in [1.807, 2.05) is 42.5 Å². The minimum absolute atomic E-state index is 0.0761. The van der Waals surface area contributed by atoms with Gasteiger partial charge in [0.05, 0.1) is 41.0 Å². The van der Waals surface area contributed by atoms with E-state index in [9.17, 15) is 19.5 Å². The van der Waals surface area contributed by atoms with Gasteiger partial charge in [-0.1, -0.05) is 77.3 Å². The molecule has 2 aliphatic carbocycles. The van der Waals surface area contributed by atoms with Gasteiger partial charge < -0.3 is 9.84 Å². The number of carbonyl (C=O) groups is 4. The highest BCUT2D eigenvalue weighted by Crippen LogP contribution is 2.64. The molecular weight excluding hydrogens is 665 g/mol. The Labute approximate surface area is 292 Å². The van der Waals surface area contributed by atoms with Crippen molar-refractivity contribution in [2.75, 3.05) is 19.6 Å². The Bertz CT molecular complexity index is 2130. The van der Waals surface area contributed by atoms with Crippen LogP contribution < -0.4 is 10.2 Å². The van der Waals surface area contributed by atoms with Gasteiger partial charge in [0.2, 0.25) is 11.8 Å². The Hall–Kier alpha value is -4.86. The van der Waals surface area contributed by atoms with Gasteiger partial charge in [-0.05, 0) is 71.7 Å². The van der Waals surface area contributed by atoms with Crippen molar-refractivity contribution in [3.05, 3.63) is 112 Å². The normalized spacial score (nSPS) is 27.6. The van der Waals surface area contributed by atoms with Crippen LogP contribution in [0.4, 0.5) is 5.69 Å². The van der Waals surface area contributed by atoms with Gasteiger partial charge in [-0.3, -0.25) is 29.5 Å². The number of nitrogens with zero attached hydrogens (tertiary/aromatic N) is 2. The van der Waals surface area contributed by atoms with Crippen molar-refractivity contribution in [2.45, 2.75) is 24.2 Å². The zero-order valence-electron chi connectivity index (χ0n) is 26.5. The minimum Gasteiger partial charge on any atom is -0.507 e. The lowest BCUT2D eigenvalue weighted by atomic mass is 9.49. The van der Waals surface area contributed by atoms with Gasteiger partial charge in [-0.15, -0.1) is 0 Å². The lowest BCUT2D eigenvalue weighted by molar-refractivity contribution is -0.140. The van der Waals surface area contributed by atoms with E-state index >= 15 is 4.79 Å². The summed E-state index contributed by atoms with van der Waals surface area (Å²) in [5.74, 6) is -4.26. The standard InChI is InChI=1S/C38H31Cl2N3O6/c1-42-34(45)26-13-12-25-27(32(26)36(42)47)18-28-35(46)43(41-30-15-9-20(39)17-29(30)40)37(48)38(28,19-7-10-21(49-2)11-8-19)33(25)24-14-16-31(44)23-6-4-3-5-22(23)24/h3-12,14-17,26-28,32-33,41,44H,13,18H2,1-2H3/t26-,27+,28-,32-,33-,38+/m0/s1. The summed E-state index contributed by atoms with van der Waals surface area (Å²) in [4.78, 5) is 58.5. The van der Waals surface area contributed by atoms with Gasteiger partial charge in [-0.2, -0.15) is 5.01 Å². The molecule has 2 N–H and O–H groups in total. The molecule has 2 saturated heterocycles. The Balaban J connectivity index is 1.41. The number of nitrogens with one attached hydrogen (secondary N) is 1. The number of carbonyl (C=O) groups excluding carboxylic acids is 4. The third-order valence-corrected chi connectivity index (χ3v) is 11.6. The summed E-state index contributed by atoms with van der Waals surface area (Å²) in [7, 11) is 3.06. The Morgan fingerprint density at radius 1 is 0.878 bits per heavy atom. The van der Waals surface area contributed by atoms with E-state index in [2.05, 4.69) is 5.43 Å². The molecule has 0 spiro atoms. The van der Waals surface area contributed by atoms with Crippen LogP contribution in [0.5, 0.6) is 11.5 Å². The fraction of sp³-hybridized carbons (Fsp3) is 0.263. The predicted octanol–water partition coefficient (Wildman–Crippen LogP) is 6.48. The third-order valence-electron chi connectivity index (χ3n) is 11.0. The lowest BCUT2D eigenvalue weighted by Gasteiger charge is -2.51. The highest BCUT2D eigenvalue weighted by molar-refractivity contribution is 6.36. The van der Waals surface area contributed by atoms with Crippen LogP contribution in [-0.4, -0.2) is 52.8 Å². The summed E-state index contributed by atoms with van der Waals surface area (Å²) in [6.45, 7) is 0. The largest absolute Gasteiger partial charge is 0.507 e. The number of anilines is 1. The van der Waals surface area contributed by atoms with Crippen molar-refractivity contribution >= 4 is 63.3 Å². The van der Waals surface area contributed by atoms with E-state index < -0.39 is 46.8 Å². The molecule has 4 amide bonds. The molecule has 4 aromatic rings. The Morgan fingerprint density at radius 3 is 2.33 bits per heavy atom. The molecule has 6 atom stereocenters. The summed E-state index contributed by atoms with van der Waals surface area (Å²) >= 11 is 12.7. The van der Waals surface area contributed by atoms with Gasteiger partial charge in [0.1, 0.15) is 11.5 Å². The number of ether oxygens (including phenoxy) is 1. The second kappa shape index (κ2) is 11.4. The fourth-order valence-electron chi connectivity index (χ4n) is 8.90. The number of hydrazine groups is 1. The maximum absolute atomic E-state index is 15.4. The molecule has 0 aromatic heterocycles. The number of aromatic hydroxyl groups is 1. The average molecular weight is 697 g/mol. The quantitative estimate of drug-likeness (QED) is 0.182. The summed E-state index contributed by atoms with van der Waals surface area (Å²) in [6.07, 6.45) is 2.50. The van der Waals surface area contributed by atoms with Crippen molar-refractivity contribution in [3.8, 4) is 11.5 Å². The average Bonchev–Trinajstić information content (AvgIpc) is 3.46. The fourth-order valence-corrected chi connectivity index (χ4v) is 9.35. The van der Waals surface area contributed by atoms with Gasteiger partial charge in [0.25, 0.3) is 11.8 Å². The molecule has 248 valence electrons. The van der Waals surface area contributed by atoms with Crippen LogP contribution in [0.1, 0.15) is 29.9 Å². The monoisotopic (exact) mass is 695 g/mol. The number of allylic oxidation sites excluding steroid dienone is 2. The summed E-state index contributed by atoms with van der Waals surface area (Å²) in [6, 6.07) is 22.7. The first kappa shape index (κ1) is 31.4. The minimum atomic E-state index is -1.50. The zero-order valence-corrected chi connectivity index (χ0v) is 28.0. The van der Waals surface area contributed by atoms with Crippen molar-refractivity contribution in [2.24, 2.45) is 23.7 Å². The number of halogens is 2. The Morgan fingerprint density at radius 2 is 1.61 bits per heavy atom.